The van der Waals surface area contributed by atoms with Gasteiger partial charge in [-0.2, -0.15) is 5.10 Å². The molecule has 3 aromatic heterocycles. The maximum absolute atomic E-state index is 12.0. The molecule has 0 bridgehead atoms. The number of H-pyrrole nitrogens is 1. The van der Waals surface area contributed by atoms with Gasteiger partial charge in [0.1, 0.15) is 11.9 Å². The average molecular weight is 515 g/mol. The van der Waals surface area contributed by atoms with E-state index in [1.807, 2.05) is 42.5 Å². The fourth-order valence-corrected chi connectivity index (χ4v) is 4.98. The number of aromatic amines is 1. The molecule has 196 valence electrons. The SMILES string of the molecule is CC(C)(O)CNC(=O)OC1[C@H]2CN(Cc3ccc4cc(Oc5ccc(-c6ccn[nH]6)cn5)ccc4n3)C[C@@H]12. The van der Waals surface area contributed by atoms with Gasteiger partial charge in [-0.3, -0.25) is 15.0 Å². The molecule has 38 heavy (non-hydrogen) atoms. The minimum absolute atomic E-state index is 0.0350. The summed E-state index contributed by atoms with van der Waals surface area (Å²) in [6, 6.07) is 15.6. The van der Waals surface area contributed by atoms with E-state index in [2.05, 4.69) is 31.5 Å². The summed E-state index contributed by atoms with van der Waals surface area (Å²) >= 11 is 0. The van der Waals surface area contributed by atoms with Crippen molar-refractivity contribution in [3.05, 3.63) is 66.6 Å². The minimum atomic E-state index is -0.957. The summed E-state index contributed by atoms with van der Waals surface area (Å²) in [7, 11) is 0. The molecule has 1 aliphatic heterocycles. The standard InChI is InChI=1S/C28H30N6O4/c1-28(2,36)16-30-27(35)38-26-21-14-34(15-22(21)26)13-19-5-3-17-11-20(6-7-23(17)32-19)37-25-8-4-18(12-29-25)24-9-10-31-33-24/h3-12,21-22,26,36H,13-16H2,1-2H3,(H,30,35)(H,31,33)/t21-,22+,26?. The summed E-state index contributed by atoms with van der Waals surface area (Å²) < 4.78 is 11.5. The molecule has 10 nitrogen and oxygen atoms in total. The lowest BCUT2D eigenvalue weighted by Gasteiger charge is -2.20. The van der Waals surface area contributed by atoms with Crippen LogP contribution in [0.25, 0.3) is 22.2 Å². The Morgan fingerprint density at radius 1 is 1.16 bits per heavy atom. The Balaban J connectivity index is 1.01. The fraction of sp³-hybridized carbons (Fsp3) is 0.357. The average Bonchev–Trinajstić information content (AvgIpc) is 3.29. The molecular formula is C28H30N6O4. The zero-order chi connectivity index (χ0) is 26.3. The third-order valence-corrected chi connectivity index (χ3v) is 6.97. The molecule has 10 heteroatoms. The predicted octanol–water partition coefficient (Wildman–Crippen LogP) is 3.74. The highest BCUT2D eigenvalue weighted by Crippen LogP contribution is 2.48. The van der Waals surface area contributed by atoms with E-state index in [-0.39, 0.29) is 12.6 Å². The number of amides is 1. The first-order chi connectivity index (χ1) is 18.3. The van der Waals surface area contributed by atoms with Crippen molar-refractivity contribution in [1.82, 2.24) is 30.4 Å². The molecular weight excluding hydrogens is 484 g/mol. The number of fused-ring (bicyclic) bond motifs is 2. The smallest absolute Gasteiger partial charge is 0.407 e. The maximum atomic E-state index is 12.0. The molecule has 0 radical (unpaired) electrons. The number of carbonyl (C=O) groups is 1. The number of hydrogen-bond acceptors (Lipinski definition) is 8. The van der Waals surface area contributed by atoms with Crippen LogP contribution >= 0.6 is 0 Å². The molecule has 1 saturated heterocycles. The van der Waals surface area contributed by atoms with Crippen LogP contribution < -0.4 is 10.1 Å². The largest absolute Gasteiger partial charge is 0.446 e. The van der Waals surface area contributed by atoms with Crippen LogP contribution in [0.2, 0.25) is 0 Å². The third kappa shape index (κ3) is 5.46. The van der Waals surface area contributed by atoms with Gasteiger partial charge in [0, 0.05) is 67.4 Å². The highest BCUT2D eigenvalue weighted by molar-refractivity contribution is 5.80. The van der Waals surface area contributed by atoms with Crippen LogP contribution in [0.3, 0.4) is 0 Å². The summed E-state index contributed by atoms with van der Waals surface area (Å²) in [5, 5.41) is 20.2. The van der Waals surface area contributed by atoms with Crippen molar-refractivity contribution in [2.24, 2.45) is 11.8 Å². The van der Waals surface area contributed by atoms with Crippen molar-refractivity contribution in [2.75, 3.05) is 19.6 Å². The summed E-state index contributed by atoms with van der Waals surface area (Å²) in [5.74, 6) is 1.95. The second kappa shape index (κ2) is 9.70. The van der Waals surface area contributed by atoms with Crippen molar-refractivity contribution >= 4 is 17.0 Å². The number of hydrogen-bond donors (Lipinski definition) is 3. The number of rotatable bonds is 8. The van der Waals surface area contributed by atoms with Crippen LogP contribution in [0.4, 0.5) is 4.79 Å². The number of nitrogens with one attached hydrogen (secondary N) is 2. The second-order valence-electron chi connectivity index (χ2n) is 10.7. The minimum Gasteiger partial charge on any atom is -0.446 e. The second-order valence-corrected chi connectivity index (χ2v) is 10.7. The van der Waals surface area contributed by atoms with Gasteiger partial charge in [0.2, 0.25) is 5.88 Å². The van der Waals surface area contributed by atoms with Gasteiger partial charge in [0.15, 0.2) is 0 Å². The Hall–Kier alpha value is -4.02. The molecule has 4 aromatic rings. The number of ether oxygens (including phenoxy) is 2. The summed E-state index contributed by atoms with van der Waals surface area (Å²) in [4.78, 5) is 23.6. The lowest BCUT2D eigenvalue weighted by molar-refractivity contribution is 0.0690. The van der Waals surface area contributed by atoms with Crippen molar-refractivity contribution in [2.45, 2.75) is 32.1 Å². The number of nitrogens with zero attached hydrogens (tertiary/aromatic N) is 4. The van der Waals surface area contributed by atoms with Crippen LogP contribution in [0, 0.1) is 11.8 Å². The number of piperidine rings is 1. The van der Waals surface area contributed by atoms with Crippen molar-refractivity contribution in [3.8, 4) is 22.9 Å². The molecule has 1 saturated carbocycles. The molecule has 2 aliphatic rings. The predicted molar refractivity (Wildman–Crippen MR) is 140 cm³/mol. The Kier molecular flexibility index (Phi) is 6.21. The van der Waals surface area contributed by atoms with Crippen molar-refractivity contribution < 1.29 is 19.4 Å². The highest BCUT2D eigenvalue weighted by Gasteiger charge is 2.58. The first kappa shape index (κ1) is 24.3. The summed E-state index contributed by atoms with van der Waals surface area (Å²) in [5.41, 5.74) is 2.80. The van der Waals surface area contributed by atoms with E-state index in [4.69, 9.17) is 14.5 Å². The fourth-order valence-electron chi connectivity index (χ4n) is 4.98. The molecule has 1 aromatic carbocycles. The first-order valence-corrected chi connectivity index (χ1v) is 12.7. The molecule has 3 N–H and O–H groups in total. The van der Waals surface area contributed by atoms with E-state index in [1.54, 1.807) is 26.2 Å². The number of carbonyl (C=O) groups excluding carboxylic acids is 1. The Morgan fingerprint density at radius 3 is 2.71 bits per heavy atom. The van der Waals surface area contributed by atoms with E-state index in [0.29, 0.717) is 23.5 Å². The number of likely N-dealkylation sites (tertiary alicyclic amines) is 1. The topological polar surface area (TPSA) is 125 Å². The number of alkyl carbamates (subject to hydrolysis) is 1. The maximum Gasteiger partial charge on any atom is 0.407 e. The van der Waals surface area contributed by atoms with Crippen LogP contribution in [0.15, 0.2) is 60.9 Å². The van der Waals surface area contributed by atoms with Crippen LogP contribution in [0.1, 0.15) is 19.5 Å². The monoisotopic (exact) mass is 514 g/mol. The molecule has 1 amide bonds. The van der Waals surface area contributed by atoms with Crippen molar-refractivity contribution in [3.63, 3.8) is 0 Å². The molecule has 1 aliphatic carbocycles. The first-order valence-electron chi connectivity index (χ1n) is 12.7. The van der Waals surface area contributed by atoms with Gasteiger partial charge in [-0.25, -0.2) is 9.78 Å². The quantitative estimate of drug-likeness (QED) is 0.325. The van der Waals surface area contributed by atoms with E-state index in [0.717, 1.165) is 47.5 Å². The van der Waals surface area contributed by atoms with Gasteiger partial charge >= 0.3 is 6.09 Å². The molecule has 0 spiro atoms. The van der Waals surface area contributed by atoms with Gasteiger partial charge < -0.3 is 19.9 Å². The van der Waals surface area contributed by atoms with E-state index in [1.165, 1.54) is 0 Å². The van der Waals surface area contributed by atoms with Crippen molar-refractivity contribution in [1.29, 1.82) is 0 Å². The highest BCUT2D eigenvalue weighted by atomic mass is 16.6. The molecule has 3 atom stereocenters. The zero-order valence-corrected chi connectivity index (χ0v) is 21.3. The van der Waals surface area contributed by atoms with E-state index >= 15 is 0 Å². The molecule has 2 fully saturated rings. The molecule has 4 heterocycles. The van der Waals surface area contributed by atoms with Crippen LogP contribution in [0.5, 0.6) is 11.6 Å². The number of aliphatic hydroxyl groups is 1. The normalized spacial score (nSPS) is 20.8. The zero-order valence-electron chi connectivity index (χ0n) is 21.3. The van der Waals surface area contributed by atoms with Crippen LogP contribution in [-0.4, -0.2) is 67.6 Å². The summed E-state index contributed by atoms with van der Waals surface area (Å²) in [6.45, 7) is 5.97. The van der Waals surface area contributed by atoms with Gasteiger partial charge in [0.25, 0.3) is 0 Å². The van der Waals surface area contributed by atoms with Gasteiger partial charge in [-0.1, -0.05) is 6.07 Å². The van der Waals surface area contributed by atoms with E-state index < -0.39 is 11.7 Å². The van der Waals surface area contributed by atoms with E-state index in [9.17, 15) is 9.90 Å². The molecule has 6 rings (SSSR count). The third-order valence-electron chi connectivity index (χ3n) is 6.97. The number of benzene rings is 1. The number of aromatic nitrogens is 4. The Morgan fingerprint density at radius 2 is 2.00 bits per heavy atom. The lowest BCUT2D eigenvalue weighted by Crippen LogP contribution is -2.39. The molecule has 1 unspecified atom stereocenters. The lowest BCUT2D eigenvalue weighted by atomic mass is 10.1. The Labute approximate surface area is 220 Å². The van der Waals surface area contributed by atoms with Gasteiger partial charge in [-0.15, -0.1) is 0 Å². The van der Waals surface area contributed by atoms with Gasteiger partial charge in [0.05, 0.1) is 22.5 Å². The van der Waals surface area contributed by atoms with Gasteiger partial charge in [-0.05, 0) is 50.2 Å². The Bertz CT molecular complexity index is 1420. The van der Waals surface area contributed by atoms with Crippen LogP contribution in [-0.2, 0) is 11.3 Å². The summed E-state index contributed by atoms with van der Waals surface area (Å²) in [6.07, 6.45) is 2.96. The number of pyridine rings is 2.